The lowest BCUT2D eigenvalue weighted by atomic mass is 10.0. The van der Waals surface area contributed by atoms with Gasteiger partial charge in [0.25, 0.3) is 0 Å². The number of aliphatic hydroxyl groups is 2. The second kappa shape index (κ2) is 11.6. The maximum Gasteiger partial charge on any atom is 0.333 e. The van der Waals surface area contributed by atoms with Crippen molar-refractivity contribution < 1.29 is 48.3 Å². The zero-order valence-corrected chi connectivity index (χ0v) is 17.3. The van der Waals surface area contributed by atoms with Crippen LogP contribution in [0.2, 0.25) is 0 Å². The molecule has 1 heterocycles. The summed E-state index contributed by atoms with van der Waals surface area (Å²) in [5.74, 6) is -2.71. The molecule has 0 spiro atoms. The van der Waals surface area contributed by atoms with Crippen molar-refractivity contribution in [3.8, 4) is 0 Å². The van der Waals surface area contributed by atoms with Crippen LogP contribution in [0.1, 0.15) is 20.8 Å². The van der Waals surface area contributed by atoms with Crippen LogP contribution in [0.4, 0.5) is 0 Å². The fourth-order valence-corrected chi connectivity index (χ4v) is 2.31. The highest BCUT2D eigenvalue weighted by Crippen LogP contribution is 2.25. The molecule has 0 unspecified atom stereocenters. The van der Waals surface area contributed by atoms with Crippen LogP contribution in [-0.2, 0) is 38.1 Å². The number of carbonyl (C=O) groups excluding carboxylic acids is 3. The van der Waals surface area contributed by atoms with Crippen LogP contribution in [0.15, 0.2) is 36.5 Å². The third kappa shape index (κ3) is 7.06. The van der Waals surface area contributed by atoms with E-state index in [9.17, 15) is 24.6 Å². The average molecular weight is 428 g/mol. The van der Waals surface area contributed by atoms with E-state index in [-0.39, 0.29) is 29.9 Å². The molecule has 0 amide bonds. The lowest BCUT2D eigenvalue weighted by Gasteiger charge is -2.36. The first kappa shape index (κ1) is 25.5. The first-order valence-electron chi connectivity index (χ1n) is 9.11. The van der Waals surface area contributed by atoms with Gasteiger partial charge in [-0.15, -0.1) is 0 Å². The van der Waals surface area contributed by atoms with Crippen molar-refractivity contribution >= 4 is 17.9 Å². The Bertz CT molecular complexity index is 692. The quantitative estimate of drug-likeness (QED) is 0.266. The number of aliphatic hydroxyl groups excluding tert-OH is 2. The van der Waals surface area contributed by atoms with Gasteiger partial charge in [-0.2, -0.15) is 0 Å². The second-order valence-corrected chi connectivity index (χ2v) is 6.81. The Hall–Kier alpha value is -2.53. The Balaban J connectivity index is 3.42. The van der Waals surface area contributed by atoms with Crippen molar-refractivity contribution in [2.45, 2.75) is 51.5 Å². The van der Waals surface area contributed by atoms with Gasteiger partial charge in [-0.3, -0.25) is 0 Å². The molecular weight excluding hydrogens is 400 g/mol. The summed E-state index contributed by atoms with van der Waals surface area (Å²) in [4.78, 5) is 36.6. The van der Waals surface area contributed by atoms with E-state index in [0.29, 0.717) is 0 Å². The van der Waals surface area contributed by atoms with E-state index in [1.165, 1.54) is 20.8 Å². The SMILES string of the molecule is C=C(C)C(=O)O[C@@H]([C@H](OC(=O)C(=C)C)[C@@H](OC(=O)C(=C)C)C1OCCO1)[C@H](O)CO. The molecule has 0 radical (unpaired) electrons. The van der Waals surface area contributed by atoms with Gasteiger partial charge in [0, 0.05) is 16.7 Å². The van der Waals surface area contributed by atoms with Gasteiger partial charge in [-0.1, -0.05) is 19.7 Å². The molecule has 0 aromatic heterocycles. The molecule has 2 N–H and O–H groups in total. The minimum Gasteiger partial charge on any atom is -0.452 e. The second-order valence-electron chi connectivity index (χ2n) is 6.81. The number of hydrogen-bond acceptors (Lipinski definition) is 10. The van der Waals surface area contributed by atoms with Crippen LogP contribution in [0.5, 0.6) is 0 Å². The standard InChI is InChI=1S/C20H28O10/c1-10(2)17(23)28-14(13(22)9-21)15(29-18(24)11(3)4)16(20-26-7-8-27-20)30-19(25)12(5)6/h13-16,20-22H,1,3,5,7-9H2,2,4,6H3/t13-,14-,15+,16-/m1/s1. The van der Waals surface area contributed by atoms with Crippen LogP contribution in [0.3, 0.4) is 0 Å². The van der Waals surface area contributed by atoms with Gasteiger partial charge < -0.3 is 33.9 Å². The molecule has 30 heavy (non-hydrogen) atoms. The summed E-state index contributed by atoms with van der Waals surface area (Å²) in [5.41, 5.74) is 0.00169. The molecule has 4 atom stereocenters. The monoisotopic (exact) mass is 428 g/mol. The van der Waals surface area contributed by atoms with E-state index < -0.39 is 55.2 Å². The Labute approximate surface area is 174 Å². The Morgan fingerprint density at radius 3 is 1.67 bits per heavy atom. The molecule has 10 heteroatoms. The molecule has 1 aliphatic rings. The highest BCUT2D eigenvalue weighted by Gasteiger charge is 2.47. The zero-order chi connectivity index (χ0) is 23.0. The third-order valence-electron chi connectivity index (χ3n) is 3.90. The number of ether oxygens (including phenoxy) is 5. The van der Waals surface area contributed by atoms with Crippen molar-refractivity contribution in [1.82, 2.24) is 0 Å². The molecular formula is C20H28O10. The normalized spacial score (nSPS) is 17.9. The first-order chi connectivity index (χ1) is 14.0. The highest BCUT2D eigenvalue weighted by molar-refractivity contribution is 5.88. The Morgan fingerprint density at radius 2 is 1.27 bits per heavy atom. The lowest BCUT2D eigenvalue weighted by molar-refractivity contribution is -0.222. The smallest absolute Gasteiger partial charge is 0.333 e. The number of hydrogen-bond donors (Lipinski definition) is 2. The summed E-state index contributed by atoms with van der Waals surface area (Å²) in [6.45, 7) is 14.0. The van der Waals surface area contributed by atoms with Crippen LogP contribution < -0.4 is 0 Å². The van der Waals surface area contributed by atoms with Crippen molar-refractivity contribution in [3.05, 3.63) is 36.5 Å². The predicted octanol–water partition coefficient (Wildman–Crippen LogP) is 0.176. The third-order valence-corrected chi connectivity index (χ3v) is 3.90. The molecule has 10 nitrogen and oxygen atoms in total. The van der Waals surface area contributed by atoms with Crippen LogP contribution in [0, 0.1) is 0 Å². The van der Waals surface area contributed by atoms with Gasteiger partial charge in [-0.05, 0) is 20.8 Å². The molecule has 0 bridgehead atoms. The molecule has 0 aromatic carbocycles. The summed E-state index contributed by atoms with van der Waals surface area (Å²) in [6.07, 6.45) is -7.65. The minimum absolute atomic E-state index is 0.0123. The summed E-state index contributed by atoms with van der Waals surface area (Å²) in [7, 11) is 0. The molecule has 168 valence electrons. The van der Waals surface area contributed by atoms with Gasteiger partial charge in [0.05, 0.1) is 19.8 Å². The fraction of sp³-hybridized carbons (Fsp3) is 0.550. The zero-order valence-electron chi connectivity index (χ0n) is 17.3. The van der Waals surface area contributed by atoms with E-state index in [0.717, 1.165) is 0 Å². The molecule has 0 aromatic rings. The summed E-state index contributed by atoms with van der Waals surface area (Å²) in [6, 6.07) is 0. The minimum atomic E-state index is -1.70. The van der Waals surface area contributed by atoms with Crippen LogP contribution >= 0.6 is 0 Å². The largest absolute Gasteiger partial charge is 0.452 e. The maximum absolute atomic E-state index is 12.3. The van der Waals surface area contributed by atoms with E-state index in [1.54, 1.807) is 0 Å². The van der Waals surface area contributed by atoms with Gasteiger partial charge in [-0.25, -0.2) is 14.4 Å². The van der Waals surface area contributed by atoms with Crippen molar-refractivity contribution in [1.29, 1.82) is 0 Å². The van der Waals surface area contributed by atoms with E-state index in [2.05, 4.69) is 19.7 Å². The predicted molar refractivity (Wildman–Crippen MR) is 103 cm³/mol. The molecule has 1 aliphatic heterocycles. The van der Waals surface area contributed by atoms with E-state index >= 15 is 0 Å². The topological polar surface area (TPSA) is 138 Å². The van der Waals surface area contributed by atoms with Gasteiger partial charge >= 0.3 is 17.9 Å². The Morgan fingerprint density at radius 1 is 0.867 bits per heavy atom. The van der Waals surface area contributed by atoms with Crippen LogP contribution in [0.25, 0.3) is 0 Å². The van der Waals surface area contributed by atoms with Gasteiger partial charge in [0.2, 0.25) is 0 Å². The number of rotatable bonds is 11. The molecule has 1 rings (SSSR count). The molecule has 0 saturated carbocycles. The highest BCUT2D eigenvalue weighted by atomic mass is 16.7. The Kier molecular flexibility index (Phi) is 9.86. The molecule has 1 saturated heterocycles. The molecule has 0 aliphatic carbocycles. The van der Waals surface area contributed by atoms with Crippen LogP contribution in [-0.4, -0.2) is 78.6 Å². The van der Waals surface area contributed by atoms with E-state index in [1.807, 2.05) is 0 Å². The van der Waals surface area contributed by atoms with Crippen molar-refractivity contribution in [2.24, 2.45) is 0 Å². The maximum atomic E-state index is 12.3. The van der Waals surface area contributed by atoms with Crippen molar-refractivity contribution in [2.75, 3.05) is 19.8 Å². The lowest BCUT2D eigenvalue weighted by Crippen LogP contribution is -2.55. The number of esters is 3. The van der Waals surface area contributed by atoms with E-state index in [4.69, 9.17) is 23.7 Å². The summed E-state index contributed by atoms with van der Waals surface area (Å²) in [5, 5.41) is 19.8. The first-order valence-corrected chi connectivity index (χ1v) is 9.11. The average Bonchev–Trinajstić information content (AvgIpc) is 3.21. The summed E-state index contributed by atoms with van der Waals surface area (Å²) >= 11 is 0. The number of carbonyl (C=O) groups is 3. The van der Waals surface area contributed by atoms with Crippen molar-refractivity contribution in [3.63, 3.8) is 0 Å². The van der Waals surface area contributed by atoms with Gasteiger partial charge in [0.15, 0.2) is 24.6 Å². The van der Waals surface area contributed by atoms with Gasteiger partial charge in [0.1, 0.15) is 6.10 Å². The summed E-state index contributed by atoms with van der Waals surface area (Å²) < 4.78 is 26.7. The molecule has 1 fully saturated rings. The fourth-order valence-electron chi connectivity index (χ4n) is 2.31.